The Bertz CT molecular complexity index is 1350. The van der Waals surface area contributed by atoms with E-state index in [1.54, 1.807) is 35.4 Å². The molecule has 1 fully saturated rings. The van der Waals surface area contributed by atoms with Crippen molar-refractivity contribution in [1.82, 2.24) is 14.2 Å². The van der Waals surface area contributed by atoms with Crippen LogP contribution in [0.1, 0.15) is 21.6 Å². The number of aromatic nitrogens is 1. The number of piperazine rings is 1. The Labute approximate surface area is 208 Å². The number of aliphatic hydroxyl groups excluding tert-OH is 1. The first-order valence-electron chi connectivity index (χ1n) is 10.9. The van der Waals surface area contributed by atoms with Crippen LogP contribution in [0.4, 0.5) is 0 Å². The van der Waals surface area contributed by atoms with Gasteiger partial charge in [0.25, 0.3) is 5.91 Å². The van der Waals surface area contributed by atoms with E-state index in [2.05, 4.69) is 4.98 Å². The molecule has 1 aliphatic rings. The third-order valence-corrected chi connectivity index (χ3v) is 7.54. The Morgan fingerprint density at radius 3 is 2.37 bits per heavy atom. The van der Waals surface area contributed by atoms with Crippen molar-refractivity contribution in [2.45, 2.75) is 6.61 Å². The molecule has 0 spiro atoms. The number of phenols is 1. The Balaban J connectivity index is 1.38. The molecule has 1 amide bonds. The van der Waals surface area contributed by atoms with E-state index in [9.17, 15) is 23.4 Å². The van der Waals surface area contributed by atoms with E-state index < -0.39 is 10.0 Å². The highest BCUT2D eigenvalue weighted by atomic mass is 35.5. The number of rotatable bonds is 6. The van der Waals surface area contributed by atoms with E-state index in [0.29, 0.717) is 21.8 Å². The molecule has 0 radical (unpaired) electrons. The maximum atomic E-state index is 12.9. The summed E-state index contributed by atoms with van der Waals surface area (Å²) < 4.78 is 26.7. The number of sulfonamides is 1. The van der Waals surface area contributed by atoms with Crippen molar-refractivity contribution in [2.75, 3.05) is 26.2 Å². The molecule has 10 heteroatoms. The quantitative estimate of drug-likeness (QED) is 0.523. The summed E-state index contributed by atoms with van der Waals surface area (Å²) >= 11 is 5.81. The van der Waals surface area contributed by atoms with E-state index in [0.717, 1.165) is 16.5 Å². The van der Waals surface area contributed by atoms with Gasteiger partial charge in [-0.15, -0.1) is 0 Å². The maximum Gasteiger partial charge on any atom is 0.253 e. The van der Waals surface area contributed by atoms with Gasteiger partial charge in [0, 0.05) is 53.9 Å². The molecular weight excluding hydrogens is 490 g/mol. The Morgan fingerprint density at radius 2 is 1.71 bits per heavy atom. The number of amides is 1. The van der Waals surface area contributed by atoms with Crippen LogP contribution in [0, 0.1) is 0 Å². The SMILES string of the molecule is O=C(c1ccc(-c2ccnc(CO)c2)cc1)N1CCN(S(=O)(=O)C=Cc2ccc(Cl)cc2O)CC1. The van der Waals surface area contributed by atoms with Crippen LogP contribution in [-0.4, -0.2) is 64.9 Å². The third-order valence-electron chi connectivity index (χ3n) is 5.74. The number of phenolic OH excluding ortho intramolecular Hbond substituents is 1. The largest absolute Gasteiger partial charge is 0.507 e. The van der Waals surface area contributed by atoms with Gasteiger partial charge in [-0.1, -0.05) is 23.7 Å². The van der Waals surface area contributed by atoms with Crippen LogP contribution in [0.3, 0.4) is 0 Å². The average Bonchev–Trinajstić information content (AvgIpc) is 2.88. The Kier molecular flexibility index (Phi) is 7.51. The summed E-state index contributed by atoms with van der Waals surface area (Å²) in [5, 5.41) is 20.6. The zero-order chi connectivity index (χ0) is 25.0. The Hall–Kier alpha value is -3.24. The monoisotopic (exact) mass is 513 g/mol. The summed E-state index contributed by atoms with van der Waals surface area (Å²) in [6.45, 7) is 0.730. The molecule has 2 aromatic carbocycles. The molecule has 0 saturated carbocycles. The van der Waals surface area contributed by atoms with Crippen molar-refractivity contribution in [1.29, 1.82) is 0 Å². The number of aliphatic hydroxyl groups is 1. The molecule has 8 nitrogen and oxygen atoms in total. The summed E-state index contributed by atoms with van der Waals surface area (Å²) in [4.78, 5) is 18.6. The molecule has 182 valence electrons. The molecule has 1 saturated heterocycles. The number of nitrogens with zero attached hydrogens (tertiary/aromatic N) is 3. The number of halogens is 1. The summed E-state index contributed by atoms with van der Waals surface area (Å²) in [5.74, 6) is -0.274. The van der Waals surface area contributed by atoms with Gasteiger partial charge in [0.1, 0.15) is 5.75 Å². The Morgan fingerprint density at radius 1 is 1.00 bits per heavy atom. The van der Waals surface area contributed by atoms with E-state index in [1.807, 2.05) is 18.2 Å². The van der Waals surface area contributed by atoms with Gasteiger partial charge in [-0.25, -0.2) is 8.42 Å². The van der Waals surface area contributed by atoms with Crippen LogP contribution in [0.15, 0.2) is 66.2 Å². The van der Waals surface area contributed by atoms with Gasteiger partial charge in [-0.3, -0.25) is 9.78 Å². The fourth-order valence-corrected chi connectivity index (χ4v) is 5.11. The van der Waals surface area contributed by atoms with Crippen LogP contribution >= 0.6 is 11.6 Å². The highest BCUT2D eigenvalue weighted by molar-refractivity contribution is 7.92. The number of pyridine rings is 1. The molecule has 2 heterocycles. The number of hydrogen-bond acceptors (Lipinski definition) is 6. The lowest BCUT2D eigenvalue weighted by atomic mass is 10.0. The molecule has 2 N–H and O–H groups in total. The molecule has 0 unspecified atom stereocenters. The molecule has 1 aliphatic heterocycles. The summed E-state index contributed by atoms with van der Waals surface area (Å²) in [7, 11) is -3.72. The zero-order valence-electron chi connectivity index (χ0n) is 18.7. The standard InChI is InChI=1S/C25H24ClN3O5S/c26-22-6-5-19(24(31)16-22)8-14-35(33,34)29-12-10-28(11-13-29)25(32)20-3-1-18(2-4-20)21-7-9-27-23(15-21)17-30/h1-9,14-16,30-31H,10-13,17H2. The van der Waals surface area contributed by atoms with Crippen molar-refractivity contribution in [2.24, 2.45) is 0 Å². The first-order valence-corrected chi connectivity index (χ1v) is 12.8. The number of hydrogen-bond donors (Lipinski definition) is 2. The molecule has 4 rings (SSSR count). The van der Waals surface area contributed by atoms with Gasteiger partial charge in [0.05, 0.1) is 12.3 Å². The van der Waals surface area contributed by atoms with Gasteiger partial charge in [0.2, 0.25) is 10.0 Å². The van der Waals surface area contributed by atoms with Crippen molar-refractivity contribution in [3.05, 3.63) is 88.0 Å². The first-order chi connectivity index (χ1) is 16.8. The van der Waals surface area contributed by atoms with Gasteiger partial charge in [-0.2, -0.15) is 4.31 Å². The van der Waals surface area contributed by atoms with Gasteiger partial charge >= 0.3 is 0 Å². The lowest BCUT2D eigenvalue weighted by Gasteiger charge is -2.33. The van der Waals surface area contributed by atoms with Crippen LogP contribution in [0.5, 0.6) is 5.75 Å². The second kappa shape index (κ2) is 10.6. The van der Waals surface area contributed by atoms with Crippen molar-refractivity contribution in [3.63, 3.8) is 0 Å². The smallest absolute Gasteiger partial charge is 0.253 e. The van der Waals surface area contributed by atoms with E-state index in [4.69, 9.17) is 11.6 Å². The van der Waals surface area contributed by atoms with Crippen LogP contribution < -0.4 is 0 Å². The third kappa shape index (κ3) is 5.88. The predicted molar refractivity (Wildman–Crippen MR) is 134 cm³/mol. The van der Waals surface area contributed by atoms with E-state index in [-0.39, 0.29) is 44.4 Å². The molecule has 35 heavy (non-hydrogen) atoms. The lowest BCUT2D eigenvalue weighted by molar-refractivity contribution is 0.0698. The second-order valence-corrected chi connectivity index (χ2v) is 10.3. The summed E-state index contributed by atoms with van der Waals surface area (Å²) in [5.41, 5.74) is 3.21. The fraction of sp³-hybridized carbons (Fsp3) is 0.200. The molecule has 1 aromatic heterocycles. The van der Waals surface area contributed by atoms with E-state index in [1.165, 1.54) is 22.5 Å². The highest BCUT2D eigenvalue weighted by Gasteiger charge is 2.28. The second-order valence-electron chi connectivity index (χ2n) is 8.01. The predicted octanol–water partition coefficient (Wildman–Crippen LogP) is 3.36. The lowest BCUT2D eigenvalue weighted by Crippen LogP contribution is -2.50. The van der Waals surface area contributed by atoms with Crippen LogP contribution in [0.2, 0.25) is 5.02 Å². The number of carbonyl (C=O) groups is 1. The average molecular weight is 514 g/mol. The van der Waals surface area contributed by atoms with Crippen molar-refractivity contribution in [3.8, 4) is 16.9 Å². The molecule has 0 atom stereocenters. The fourth-order valence-electron chi connectivity index (χ4n) is 3.78. The zero-order valence-corrected chi connectivity index (χ0v) is 20.3. The minimum Gasteiger partial charge on any atom is -0.507 e. The van der Waals surface area contributed by atoms with Crippen LogP contribution in [-0.2, 0) is 16.6 Å². The molecule has 3 aromatic rings. The maximum absolute atomic E-state index is 12.9. The van der Waals surface area contributed by atoms with Gasteiger partial charge in [0.15, 0.2) is 0 Å². The highest BCUT2D eigenvalue weighted by Crippen LogP contribution is 2.24. The minimum absolute atomic E-state index is 0.108. The number of aromatic hydroxyl groups is 1. The van der Waals surface area contributed by atoms with Gasteiger partial charge < -0.3 is 15.1 Å². The van der Waals surface area contributed by atoms with Crippen molar-refractivity contribution < 1.29 is 23.4 Å². The molecule has 0 bridgehead atoms. The summed E-state index contributed by atoms with van der Waals surface area (Å²) in [6, 6.07) is 15.2. The molecular formula is C25H24ClN3O5S. The summed E-state index contributed by atoms with van der Waals surface area (Å²) in [6.07, 6.45) is 2.95. The van der Waals surface area contributed by atoms with E-state index >= 15 is 0 Å². The normalized spacial score (nSPS) is 15.0. The number of carbonyl (C=O) groups excluding carboxylic acids is 1. The van der Waals surface area contributed by atoms with Gasteiger partial charge in [-0.05, 0) is 59.7 Å². The number of benzene rings is 2. The first kappa shape index (κ1) is 24.9. The minimum atomic E-state index is -3.72. The van der Waals surface area contributed by atoms with Crippen LogP contribution in [0.25, 0.3) is 17.2 Å². The molecule has 0 aliphatic carbocycles. The van der Waals surface area contributed by atoms with Crippen molar-refractivity contribution >= 4 is 33.6 Å². The topological polar surface area (TPSA) is 111 Å².